The number of hydrogen-bond acceptors (Lipinski definition) is 7. The molecule has 0 aliphatic rings. The number of anilines is 5. The van der Waals surface area contributed by atoms with Gasteiger partial charge in [-0.15, -0.1) is 11.3 Å². The number of nitrogens with zero attached hydrogens (tertiary/aromatic N) is 3. The Morgan fingerprint density at radius 3 is 2.29 bits per heavy atom. The summed E-state index contributed by atoms with van der Waals surface area (Å²) in [7, 11) is 0. The first-order valence-corrected chi connectivity index (χ1v) is 8.41. The fourth-order valence-corrected chi connectivity index (χ4v) is 2.99. The SMILES string of the molecule is Cc1ccc(Nc2ncnc(Nc3nc(C)c(C)s3)c2N)cc1C. The number of thiazole rings is 1. The largest absolute Gasteiger partial charge is 0.393 e. The smallest absolute Gasteiger partial charge is 0.188 e. The van der Waals surface area contributed by atoms with Crippen molar-refractivity contribution in [2.45, 2.75) is 27.7 Å². The van der Waals surface area contributed by atoms with Crippen molar-refractivity contribution in [3.63, 3.8) is 0 Å². The van der Waals surface area contributed by atoms with Crippen LogP contribution in [0.15, 0.2) is 24.5 Å². The lowest BCUT2D eigenvalue weighted by molar-refractivity contribution is 1.16. The zero-order valence-corrected chi connectivity index (χ0v) is 15.0. The van der Waals surface area contributed by atoms with Crippen molar-refractivity contribution in [1.82, 2.24) is 15.0 Å². The average Bonchev–Trinajstić information content (AvgIpc) is 2.85. The van der Waals surface area contributed by atoms with E-state index in [1.165, 1.54) is 22.3 Å². The maximum absolute atomic E-state index is 6.22. The van der Waals surface area contributed by atoms with Gasteiger partial charge in [0.2, 0.25) is 0 Å². The van der Waals surface area contributed by atoms with Crippen LogP contribution in [0.1, 0.15) is 21.7 Å². The maximum atomic E-state index is 6.22. The Hall–Kier alpha value is -2.67. The first kappa shape index (κ1) is 16.2. The molecule has 124 valence electrons. The van der Waals surface area contributed by atoms with E-state index in [2.05, 4.69) is 51.6 Å². The number of hydrogen-bond donors (Lipinski definition) is 3. The van der Waals surface area contributed by atoms with Crippen LogP contribution in [0.4, 0.5) is 28.1 Å². The van der Waals surface area contributed by atoms with E-state index >= 15 is 0 Å². The predicted molar refractivity (Wildman–Crippen MR) is 101 cm³/mol. The molecule has 0 radical (unpaired) electrons. The molecule has 3 aromatic rings. The Kier molecular flexibility index (Phi) is 4.35. The second-order valence-corrected chi connectivity index (χ2v) is 6.90. The third-order valence-electron chi connectivity index (χ3n) is 3.91. The van der Waals surface area contributed by atoms with Gasteiger partial charge in [0.15, 0.2) is 16.8 Å². The molecule has 0 bridgehead atoms. The molecule has 0 saturated heterocycles. The molecule has 6 nitrogen and oxygen atoms in total. The van der Waals surface area contributed by atoms with Gasteiger partial charge in [-0.3, -0.25) is 0 Å². The number of aromatic nitrogens is 3. The molecule has 0 fully saturated rings. The van der Waals surface area contributed by atoms with E-state index in [9.17, 15) is 0 Å². The van der Waals surface area contributed by atoms with Gasteiger partial charge in [-0.05, 0) is 51.0 Å². The molecule has 0 unspecified atom stereocenters. The molecule has 2 aromatic heterocycles. The van der Waals surface area contributed by atoms with E-state index in [0.29, 0.717) is 17.3 Å². The van der Waals surface area contributed by atoms with E-state index in [-0.39, 0.29) is 0 Å². The minimum atomic E-state index is 0.459. The number of nitrogens with two attached hydrogens (primary N) is 1. The van der Waals surface area contributed by atoms with Crippen molar-refractivity contribution in [2.75, 3.05) is 16.4 Å². The van der Waals surface area contributed by atoms with Crippen molar-refractivity contribution in [3.8, 4) is 0 Å². The van der Waals surface area contributed by atoms with Gasteiger partial charge in [-0.2, -0.15) is 0 Å². The van der Waals surface area contributed by atoms with Gasteiger partial charge in [0.05, 0.1) is 5.69 Å². The second-order valence-electron chi connectivity index (χ2n) is 5.69. The molecule has 2 heterocycles. The third-order valence-corrected chi connectivity index (χ3v) is 4.90. The monoisotopic (exact) mass is 340 g/mol. The minimum Gasteiger partial charge on any atom is -0.393 e. The minimum absolute atomic E-state index is 0.459. The van der Waals surface area contributed by atoms with Gasteiger partial charge in [0, 0.05) is 10.6 Å². The summed E-state index contributed by atoms with van der Waals surface area (Å²) in [5.74, 6) is 1.12. The zero-order chi connectivity index (χ0) is 17.3. The van der Waals surface area contributed by atoms with Crippen molar-refractivity contribution < 1.29 is 0 Å². The topological polar surface area (TPSA) is 88.8 Å². The molecular weight excluding hydrogens is 320 g/mol. The van der Waals surface area contributed by atoms with Crippen LogP contribution in [-0.2, 0) is 0 Å². The lowest BCUT2D eigenvalue weighted by atomic mass is 10.1. The van der Waals surface area contributed by atoms with E-state index in [4.69, 9.17) is 5.73 Å². The normalized spacial score (nSPS) is 10.7. The number of aryl methyl sites for hydroxylation is 4. The van der Waals surface area contributed by atoms with Gasteiger partial charge < -0.3 is 16.4 Å². The fraction of sp³-hybridized carbons (Fsp3) is 0.235. The van der Waals surface area contributed by atoms with E-state index in [0.717, 1.165) is 16.5 Å². The molecule has 4 N–H and O–H groups in total. The summed E-state index contributed by atoms with van der Waals surface area (Å²) in [6.45, 7) is 8.17. The van der Waals surface area contributed by atoms with E-state index < -0.39 is 0 Å². The summed E-state index contributed by atoms with van der Waals surface area (Å²) in [6.07, 6.45) is 1.48. The molecule has 0 aliphatic carbocycles. The Morgan fingerprint density at radius 1 is 0.958 bits per heavy atom. The fourth-order valence-electron chi connectivity index (χ4n) is 2.18. The number of nitrogens with one attached hydrogen (secondary N) is 2. The molecule has 3 rings (SSSR count). The summed E-state index contributed by atoms with van der Waals surface area (Å²) in [5.41, 5.74) is 11.1. The first-order valence-electron chi connectivity index (χ1n) is 7.60. The average molecular weight is 340 g/mol. The van der Waals surface area contributed by atoms with Crippen LogP contribution in [0.2, 0.25) is 0 Å². The maximum Gasteiger partial charge on any atom is 0.188 e. The van der Waals surface area contributed by atoms with Crippen LogP contribution in [0.25, 0.3) is 0 Å². The summed E-state index contributed by atoms with van der Waals surface area (Å²) >= 11 is 1.57. The van der Waals surface area contributed by atoms with Crippen molar-refractivity contribution in [2.24, 2.45) is 0 Å². The van der Waals surface area contributed by atoms with Crippen molar-refractivity contribution in [1.29, 1.82) is 0 Å². The highest BCUT2D eigenvalue weighted by atomic mass is 32.1. The second kappa shape index (κ2) is 6.45. The van der Waals surface area contributed by atoms with E-state index in [1.54, 1.807) is 11.3 Å². The van der Waals surface area contributed by atoms with Crippen LogP contribution in [-0.4, -0.2) is 15.0 Å². The van der Waals surface area contributed by atoms with Crippen LogP contribution >= 0.6 is 11.3 Å². The summed E-state index contributed by atoms with van der Waals surface area (Å²) in [5, 5.41) is 7.19. The number of rotatable bonds is 4. The van der Waals surface area contributed by atoms with Gasteiger partial charge in [0.25, 0.3) is 0 Å². The molecule has 24 heavy (non-hydrogen) atoms. The quantitative estimate of drug-likeness (QED) is 0.658. The highest BCUT2D eigenvalue weighted by Gasteiger charge is 2.11. The van der Waals surface area contributed by atoms with Crippen LogP contribution < -0.4 is 16.4 Å². The molecule has 1 aromatic carbocycles. The zero-order valence-electron chi connectivity index (χ0n) is 14.1. The number of benzene rings is 1. The molecule has 0 spiro atoms. The van der Waals surface area contributed by atoms with Gasteiger partial charge >= 0.3 is 0 Å². The predicted octanol–water partition coefficient (Wildman–Crippen LogP) is 4.24. The van der Waals surface area contributed by atoms with Crippen molar-refractivity contribution in [3.05, 3.63) is 46.2 Å². The first-order chi connectivity index (χ1) is 11.4. The highest BCUT2D eigenvalue weighted by molar-refractivity contribution is 7.15. The Morgan fingerprint density at radius 2 is 1.67 bits per heavy atom. The van der Waals surface area contributed by atoms with Gasteiger partial charge in [0.1, 0.15) is 12.0 Å². The lowest BCUT2D eigenvalue weighted by Gasteiger charge is -2.12. The van der Waals surface area contributed by atoms with Crippen molar-refractivity contribution >= 4 is 39.5 Å². The Balaban J connectivity index is 1.86. The molecular formula is C17H20N6S. The summed E-state index contributed by atoms with van der Waals surface area (Å²) in [6, 6.07) is 6.14. The molecule has 0 aliphatic heterocycles. The Bertz CT molecular complexity index is 867. The third kappa shape index (κ3) is 3.30. The molecule has 0 amide bonds. The molecule has 0 atom stereocenters. The van der Waals surface area contributed by atoms with Crippen LogP contribution in [0, 0.1) is 27.7 Å². The standard InChI is InChI=1S/C17H20N6S/c1-9-5-6-13(7-10(9)2)22-15-14(18)16(20-8-19-15)23-17-21-11(3)12(4)24-17/h5-8H,18H2,1-4H3,(H2,19,20,21,22,23). The Labute approximate surface area is 145 Å². The molecule has 0 saturated carbocycles. The number of nitrogen functional groups attached to an aromatic ring is 1. The van der Waals surface area contributed by atoms with Gasteiger partial charge in [-0.25, -0.2) is 15.0 Å². The van der Waals surface area contributed by atoms with Crippen LogP contribution in [0.3, 0.4) is 0 Å². The highest BCUT2D eigenvalue weighted by Crippen LogP contribution is 2.30. The lowest BCUT2D eigenvalue weighted by Crippen LogP contribution is -2.05. The van der Waals surface area contributed by atoms with E-state index in [1.807, 2.05) is 19.9 Å². The summed E-state index contributed by atoms with van der Waals surface area (Å²) in [4.78, 5) is 14.1. The van der Waals surface area contributed by atoms with Crippen LogP contribution in [0.5, 0.6) is 0 Å². The molecule has 7 heteroatoms. The van der Waals surface area contributed by atoms with Gasteiger partial charge in [-0.1, -0.05) is 6.07 Å². The summed E-state index contributed by atoms with van der Waals surface area (Å²) < 4.78 is 0.